The van der Waals surface area contributed by atoms with E-state index in [1.54, 1.807) is 6.07 Å². The van der Waals surface area contributed by atoms with Crippen LogP contribution in [-0.4, -0.2) is 0 Å². The Hall–Kier alpha value is -1.55. The molecule has 88 valence electrons. The van der Waals surface area contributed by atoms with Gasteiger partial charge in [0.25, 0.3) is 0 Å². The minimum atomic E-state index is -0.335. The van der Waals surface area contributed by atoms with Crippen molar-refractivity contribution in [1.29, 1.82) is 0 Å². The second-order valence-corrected chi connectivity index (χ2v) is 4.79. The van der Waals surface area contributed by atoms with Crippen molar-refractivity contribution in [3.63, 3.8) is 0 Å². The summed E-state index contributed by atoms with van der Waals surface area (Å²) in [6.45, 7) is 2.00. The lowest BCUT2D eigenvalue weighted by Gasteiger charge is -2.10. The Bertz CT molecular complexity index is 535. The molecule has 0 saturated heterocycles. The number of anilines is 3. The molecular weight excluding hydrogens is 283 g/mol. The number of benzene rings is 2. The maximum atomic E-state index is 12.9. The van der Waals surface area contributed by atoms with E-state index in [2.05, 4.69) is 21.2 Å². The summed E-state index contributed by atoms with van der Waals surface area (Å²) in [5.74, 6) is -0.335. The summed E-state index contributed by atoms with van der Waals surface area (Å²) in [6, 6.07) is 10.3. The highest BCUT2D eigenvalue weighted by atomic mass is 79.9. The topological polar surface area (TPSA) is 38.0 Å². The lowest BCUT2D eigenvalue weighted by molar-refractivity contribution is 0.628. The van der Waals surface area contributed by atoms with E-state index in [4.69, 9.17) is 5.73 Å². The van der Waals surface area contributed by atoms with Gasteiger partial charge in [0.05, 0.1) is 11.4 Å². The molecule has 0 fully saturated rings. The first-order valence-corrected chi connectivity index (χ1v) is 5.93. The summed E-state index contributed by atoms with van der Waals surface area (Å²) >= 11 is 3.43. The molecule has 4 heteroatoms. The van der Waals surface area contributed by atoms with Crippen molar-refractivity contribution in [3.05, 3.63) is 52.3 Å². The molecule has 0 spiro atoms. The van der Waals surface area contributed by atoms with Gasteiger partial charge in [0.2, 0.25) is 0 Å². The predicted octanol–water partition coefficient (Wildman–Crippen LogP) is 4.22. The molecule has 2 nitrogen and oxygen atoms in total. The van der Waals surface area contributed by atoms with Crippen LogP contribution in [0.4, 0.5) is 21.5 Å². The van der Waals surface area contributed by atoms with Crippen molar-refractivity contribution in [2.24, 2.45) is 0 Å². The average Bonchev–Trinajstić information content (AvgIpc) is 2.21. The molecular formula is C13H12BrFN2. The molecule has 0 aromatic heterocycles. The summed E-state index contributed by atoms with van der Waals surface area (Å²) in [5.41, 5.74) is 8.86. The quantitative estimate of drug-likeness (QED) is 0.814. The van der Waals surface area contributed by atoms with Crippen LogP contribution in [0.25, 0.3) is 0 Å². The van der Waals surface area contributed by atoms with E-state index in [-0.39, 0.29) is 5.82 Å². The number of halogens is 2. The summed E-state index contributed by atoms with van der Waals surface area (Å²) in [4.78, 5) is 0. The van der Waals surface area contributed by atoms with E-state index in [9.17, 15) is 4.39 Å². The van der Waals surface area contributed by atoms with E-state index >= 15 is 0 Å². The predicted molar refractivity (Wildman–Crippen MR) is 73.0 cm³/mol. The molecule has 0 aliphatic rings. The molecule has 2 rings (SSSR count). The number of nitrogens with one attached hydrogen (secondary N) is 1. The van der Waals surface area contributed by atoms with Gasteiger partial charge in [-0.25, -0.2) is 4.39 Å². The van der Waals surface area contributed by atoms with Crippen LogP contribution in [-0.2, 0) is 0 Å². The molecule has 17 heavy (non-hydrogen) atoms. The van der Waals surface area contributed by atoms with Crippen LogP contribution >= 0.6 is 15.9 Å². The first-order valence-electron chi connectivity index (χ1n) is 5.14. The third-order valence-corrected chi connectivity index (χ3v) is 2.79. The van der Waals surface area contributed by atoms with Gasteiger partial charge in [0, 0.05) is 10.2 Å². The van der Waals surface area contributed by atoms with Crippen LogP contribution in [0.5, 0.6) is 0 Å². The minimum Gasteiger partial charge on any atom is -0.397 e. The van der Waals surface area contributed by atoms with E-state index in [0.29, 0.717) is 11.4 Å². The molecule has 3 N–H and O–H groups in total. The third-order valence-electron chi connectivity index (χ3n) is 2.33. The van der Waals surface area contributed by atoms with Crippen molar-refractivity contribution >= 4 is 33.0 Å². The second kappa shape index (κ2) is 4.75. The fourth-order valence-electron chi connectivity index (χ4n) is 1.61. The summed E-state index contributed by atoms with van der Waals surface area (Å²) in [7, 11) is 0. The van der Waals surface area contributed by atoms with E-state index in [0.717, 1.165) is 15.7 Å². The normalized spacial score (nSPS) is 10.3. The lowest BCUT2D eigenvalue weighted by Crippen LogP contribution is -1.97. The largest absolute Gasteiger partial charge is 0.397 e. The SMILES string of the molecule is Cc1cc(Br)cc(Nc2ccc(F)cc2N)c1. The molecule has 2 aromatic carbocycles. The van der Waals surface area contributed by atoms with Gasteiger partial charge >= 0.3 is 0 Å². The van der Waals surface area contributed by atoms with Crippen LogP contribution in [0.1, 0.15) is 5.56 Å². The molecule has 0 atom stereocenters. The van der Waals surface area contributed by atoms with Gasteiger partial charge in [-0.2, -0.15) is 0 Å². The monoisotopic (exact) mass is 294 g/mol. The maximum Gasteiger partial charge on any atom is 0.125 e. The van der Waals surface area contributed by atoms with Gasteiger partial charge in [-0.1, -0.05) is 15.9 Å². The molecule has 0 aliphatic heterocycles. The molecule has 0 bridgehead atoms. The zero-order chi connectivity index (χ0) is 12.4. The van der Waals surface area contributed by atoms with E-state index in [1.165, 1.54) is 12.1 Å². The molecule has 0 unspecified atom stereocenters. The van der Waals surface area contributed by atoms with Crippen molar-refractivity contribution in [2.75, 3.05) is 11.1 Å². The molecule has 2 aromatic rings. The second-order valence-electron chi connectivity index (χ2n) is 3.87. The first kappa shape index (κ1) is 11.9. The Morgan fingerprint density at radius 2 is 1.94 bits per heavy atom. The summed E-state index contributed by atoms with van der Waals surface area (Å²) in [6.07, 6.45) is 0. The molecule has 0 aliphatic carbocycles. The highest BCUT2D eigenvalue weighted by Crippen LogP contribution is 2.26. The Morgan fingerprint density at radius 1 is 1.18 bits per heavy atom. The summed E-state index contributed by atoms with van der Waals surface area (Å²) < 4.78 is 13.9. The molecule has 0 radical (unpaired) electrons. The van der Waals surface area contributed by atoms with Gasteiger partial charge in [0.15, 0.2) is 0 Å². The van der Waals surface area contributed by atoms with Gasteiger partial charge in [-0.05, 0) is 48.9 Å². The first-order chi connectivity index (χ1) is 8.04. The molecule has 0 amide bonds. The van der Waals surface area contributed by atoms with Crippen molar-refractivity contribution < 1.29 is 4.39 Å². The number of nitrogen functional groups attached to an aromatic ring is 1. The lowest BCUT2D eigenvalue weighted by atomic mass is 10.2. The average molecular weight is 295 g/mol. The Kier molecular flexibility index (Phi) is 3.33. The van der Waals surface area contributed by atoms with Crippen LogP contribution in [0.2, 0.25) is 0 Å². The number of aryl methyl sites for hydroxylation is 1. The van der Waals surface area contributed by atoms with Crippen LogP contribution < -0.4 is 11.1 Å². The fraction of sp³-hybridized carbons (Fsp3) is 0.0769. The van der Waals surface area contributed by atoms with Crippen LogP contribution in [0.15, 0.2) is 40.9 Å². The Morgan fingerprint density at radius 3 is 2.59 bits per heavy atom. The van der Waals surface area contributed by atoms with Crippen LogP contribution in [0.3, 0.4) is 0 Å². The fourth-order valence-corrected chi connectivity index (χ4v) is 2.22. The zero-order valence-electron chi connectivity index (χ0n) is 9.30. The number of hydrogen-bond acceptors (Lipinski definition) is 2. The molecule has 0 saturated carbocycles. The Labute approximate surface area is 108 Å². The number of nitrogens with two attached hydrogens (primary N) is 1. The highest BCUT2D eigenvalue weighted by molar-refractivity contribution is 9.10. The van der Waals surface area contributed by atoms with E-state index < -0.39 is 0 Å². The van der Waals surface area contributed by atoms with Crippen molar-refractivity contribution in [3.8, 4) is 0 Å². The number of rotatable bonds is 2. The maximum absolute atomic E-state index is 12.9. The number of hydrogen-bond donors (Lipinski definition) is 2. The smallest absolute Gasteiger partial charge is 0.125 e. The Balaban J connectivity index is 2.31. The zero-order valence-corrected chi connectivity index (χ0v) is 10.9. The highest BCUT2D eigenvalue weighted by Gasteiger charge is 2.02. The van der Waals surface area contributed by atoms with Crippen molar-refractivity contribution in [2.45, 2.75) is 6.92 Å². The molecule has 0 heterocycles. The van der Waals surface area contributed by atoms with Gasteiger partial charge < -0.3 is 11.1 Å². The van der Waals surface area contributed by atoms with Gasteiger partial charge in [-0.3, -0.25) is 0 Å². The standard InChI is InChI=1S/C13H12BrFN2/c1-8-4-9(14)6-11(5-8)17-13-3-2-10(15)7-12(13)16/h2-7,17H,16H2,1H3. The summed E-state index contributed by atoms with van der Waals surface area (Å²) in [5, 5.41) is 3.16. The van der Waals surface area contributed by atoms with Gasteiger partial charge in [-0.15, -0.1) is 0 Å². The third kappa shape index (κ3) is 2.97. The van der Waals surface area contributed by atoms with Gasteiger partial charge in [0.1, 0.15) is 5.82 Å². The van der Waals surface area contributed by atoms with Crippen LogP contribution in [0, 0.1) is 12.7 Å². The van der Waals surface area contributed by atoms with E-state index in [1.807, 2.05) is 25.1 Å². The van der Waals surface area contributed by atoms with Crippen molar-refractivity contribution in [1.82, 2.24) is 0 Å². The minimum absolute atomic E-state index is 0.335.